The lowest BCUT2D eigenvalue weighted by Gasteiger charge is -2.53. The molecule has 0 radical (unpaired) electrons. The van der Waals surface area contributed by atoms with Crippen LogP contribution < -0.4 is 4.74 Å². The molecule has 40 heavy (non-hydrogen) atoms. The van der Waals surface area contributed by atoms with Gasteiger partial charge >= 0.3 is 0 Å². The van der Waals surface area contributed by atoms with E-state index >= 15 is 0 Å². The van der Waals surface area contributed by atoms with Crippen LogP contribution in [-0.4, -0.2) is 45.5 Å². The van der Waals surface area contributed by atoms with Gasteiger partial charge in [0.25, 0.3) is 0 Å². The van der Waals surface area contributed by atoms with Crippen molar-refractivity contribution in [3.63, 3.8) is 0 Å². The molecule has 2 saturated heterocycles. The van der Waals surface area contributed by atoms with Gasteiger partial charge in [0.2, 0.25) is 0 Å². The van der Waals surface area contributed by atoms with Crippen molar-refractivity contribution in [1.29, 1.82) is 5.26 Å². The molecule has 2 aliphatic heterocycles. The standard InChI is InChI=1S/C34H40N4O2/c1-33(2)15-7-16-34(3,4)37(33)17-19-39-28-13-12-25-21-27(11-10-26(25)22-28)32-29-20-24(23-35)9-14-30(29)38(36-32)31-8-5-6-18-40-31/h9-14,20-22,31H,5-8,15-19H2,1-4H3. The summed E-state index contributed by atoms with van der Waals surface area (Å²) in [6.45, 7) is 11.8. The summed E-state index contributed by atoms with van der Waals surface area (Å²) in [7, 11) is 0. The first kappa shape index (κ1) is 26.8. The minimum absolute atomic E-state index is 0.0702. The molecule has 6 rings (SSSR count). The van der Waals surface area contributed by atoms with Gasteiger partial charge in [-0.25, -0.2) is 4.68 Å². The van der Waals surface area contributed by atoms with Crippen LogP contribution in [0, 0.1) is 11.3 Å². The van der Waals surface area contributed by atoms with Gasteiger partial charge < -0.3 is 9.47 Å². The predicted molar refractivity (Wildman–Crippen MR) is 160 cm³/mol. The van der Waals surface area contributed by atoms with Crippen LogP contribution in [0.5, 0.6) is 5.75 Å². The number of piperidine rings is 1. The van der Waals surface area contributed by atoms with Crippen molar-refractivity contribution in [3.8, 4) is 23.1 Å². The Labute approximate surface area is 237 Å². The highest BCUT2D eigenvalue weighted by atomic mass is 16.5. The van der Waals surface area contributed by atoms with Crippen LogP contribution in [0.2, 0.25) is 0 Å². The Kier molecular flexibility index (Phi) is 7.06. The maximum atomic E-state index is 9.55. The normalized spacial score (nSPS) is 20.9. The number of benzene rings is 3. The summed E-state index contributed by atoms with van der Waals surface area (Å²) in [5.41, 5.74) is 3.94. The number of rotatable bonds is 6. The zero-order valence-electron chi connectivity index (χ0n) is 24.2. The van der Waals surface area contributed by atoms with Gasteiger partial charge in [-0.15, -0.1) is 0 Å². The monoisotopic (exact) mass is 536 g/mol. The molecule has 6 nitrogen and oxygen atoms in total. The molecule has 0 spiro atoms. The topological polar surface area (TPSA) is 63.3 Å². The second-order valence-electron chi connectivity index (χ2n) is 12.7. The van der Waals surface area contributed by atoms with Crippen LogP contribution in [0.25, 0.3) is 32.9 Å². The lowest BCUT2D eigenvalue weighted by atomic mass is 9.80. The van der Waals surface area contributed by atoms with Crippen molar-refractivity contribution in [2.24, 2.45) is 0 Å². The van der Waals surface area contributed by atoms with Crippen molar-refractivity contribution < 1.29 is 9.47 Å². The molecule has 0 saturated carbocycles. The Morgan fingerprint density at radius 1 is 0.950 bits per heavy atom. The van der Waals surface area contributed by atoms with Crippen LogP contribution in [0.15, 0.2) is 54.6 Å². The molecule has 1 aromatic heterocycles. The smallest absolute Gasteiger partial charge is 0.150 e. The van der Waals surface area contributed by atoms with E-state index in [4.69, 9.17) is 14.6 Å². The molecule has 208 valence electrons. The van der Waals surface area contributed by atoms with Gasteiger partial charge in [-0.2, -0.15) is 10.4 Å². The molecular weight excluding hydrogens is 496 g/mol. The molecule has 0 aliphatic carbocycles. The van der Waals surface area contributed by atoms with E-state index < -0.39 is 0 Å². The highest BCUT2D eigenvalue weighted by Gasteiger charge is 2.40. The minimum atomic E-state index is -0.0702. The highest BCUT2D eigenvalue weighted by Crippen LogP contribution is 2.38. The summed E-state index contributed by atoms with van der Waals surface area (Å²) >= 11 is 0. The minimum Gasteiger partial charge on any atom is -0.492 e. The van der Waals surface area contributed by atoms with E-state index in [1.807, 2.05) is 22.9 Å². The Morgan fingerprint density at radius 3 is 2.48 bits per heavy atom. The number of likely N-dealkylation sites (tertiary alicyclic amines) is 1. The second-order valence-corrected chi connectivity index (χ2v) is 12.7. The summed E-state index contributed by atoms with van der Waals surface area (Å²) in [6, 6.07) is 20.9. The molecule has 0 amide bonds. The molecule has 4 aromatic rings. The number of aromatic nitrogens is 2. The molecular formula is C34H40N4O2. The van der Waals surface area contributed by atoms with Gasteiger partial charge in [-0.05, 0) is 113 Å². The fourth-order valence-electron chi connectivity index (χ4n) is 6.92. The Balaban J connectivity index is 1.25. The molecule has 1 atom stereocenters. The van der Waals surface area contributed by atoms with Crippen LogP contribution in [-0.2, 0) is 4.74 Å². The zero-order chi connectivity index (χ0) is 27.9. The third kappa shape index (κ3) is 5.09. The first-order chi connectivity index (χ1) is 19.2. The van der Waals surface area contributed by atoms with Crippen LogP contribution in [0.1, 0.15) is 78.0 Å². The van der Waals surface area contributed by atoms with Crippen molar-refractivity contribution in [2.45, 2.75) is 83.5 Å². The molecule has 1 unspecified atom stereocenters. The zero-order valence-corrected chi connectivity index (χ0v) is 24.2. The van der Waals surface area contributed by atoms with Gasteiger partial charge in [0.15, 0.2) is 6.23 Å². The van der Waals surface area contributed by atoms with E-state index in [2.05, 4.69) is 75.1 Å². The molecule has 3 heterocycles. The van der Waals surface area contributed by atoms with Crippen molar-refractivity contribution in [1.82, 2.24) is 14.7 Å². The van der Waals surface area contributed by atoms with Crippen molar-refractivity contribution in [3.05, 3.63) is 60.2 Å². The maximum absolute atomic E-state index is 9.55. The third-order valence-electron chi connectivity index (χ3n) is 8.97. The van der Waals surface area contributed by atoms with E-state index in [-0.39, 0.29) is 17.3 Å². The second kappa shape index (κ2) is 10.5. The Bertz CT molecular complexity index is 1560. The van der Waals surface area contributed by atoms with E-state index in [0.717, 1.165) is 71.1 Å². The lowest BCUT2D eigenvalue weighted by Crippen LogP contribution is -2.59. The summed E-state index contributed by atoms with van der Waals surface area (Å²) in [4.78, 5) is 2.62. The van der Waals surface area contributed by atoms with Gasteiger partial charge in [0.05, 0.1) is 17.1 Å². The van der Waals surface area contributed by atoms with Crippen LogP contribution >= 0.6 is 0 Å². The maximum Gasteiger partial charge on any atom is 0.150 e. The molecule has 0 bridgehead atoms. The van der Waals surface area contributed by atoms with Gasteiger partial charge in [0, 0.05) is 35.2 Å². The number of nitrogens with zero attached hydrogens (tertiary/aromatic N) is 4. The lowest BCUT2D eigenvalue weighted by molar-refractivity contribution is -0.0365. The summed E-state index contributed by atoms with van der Waals surface area (Å²) in [5.74, 6) is 0.899. The van der Waals surface area contributed by atoms with Gasteiger partial charge in [-0.3, -0.25) is 4.90 Å². The molecule has 0 N–H and O–H groups in total. The fraction of sp³-hybridized carbons (Fsp3) is 0.471. The largest absolute Gasteiger partial charge is 0.492 e. The van der Waals surface area contributed by atoms with Crippen molar-refractivity contribution in [2.75, 3.05) is 19.8 Å². The average Bonchev–Trinajstić information content (AvgIpc) is 3.33. The summed E-state index contributed by atoms with van der Waals surface area (Å²) in [6.07, 6.45) is 6.84. The Hall–Kier alpha value is -3.40. The number of fused-ring (bicyclic) bond motifs is 2. The molecule has 2 fully saturated rings. The van der Waals surface area contributed by atoms with E-state index in [1.165, 1.54) is 19.3 Å². The average molecular weight is 537 g/mol. The van der Waals surface area contributed by atoms with E-state index in [9.17, 15) is 5.26 Å². The molecule has 3 aromatic carbocycles. The van der Waals surface area contributed by atoms with Crippen LogP contribution in [0.3, 0.4) is 0 Å². The SMILES string of the molecule is CC1(C)CCCC(C)(C)N1CCOc1ccc2cc(-c3nn(C4CCCCO4)c4ccc(C#N)cc34)ccc2c1. The van der Waals surface area contributed by atoms with Gasteiger partial charge in [-0.1, -0.05) is 18.2 Å². The predicted octanol–water partition coefficient (Wildman–Crippen LogP) is 7.85. The van der Waals surface area contributed by atoms with E-state index in [1.54, 1.807) is 0 Å². The fourth-order valence-corrected chi connectivity index (χ4v) is 6.92. The number of hydrogen-bond acceptors (Lipinski definition) is 5. The quantitative estimate of drug-likeness (QED) is 0.251. The third-order valence-corrected chi connectivity index (χ3v) is 8.97. The number of nitriles is 1. The molecule has 6 heteroatoms. The van der Waals surface area contributed by atoms with Gasteiger partial charge in [0.1, 0.15) is 18.1 Å². The van der Waals surface area contributed by atoms with Crippen LogP contribution in [0.4, 0.5) is 0 Å². The van der Waals surface area contributed by atoms with E-state index in [0.29, 0.717) is 12.2 Å². The first-order valence-electron chi connectivity index (χ1n) is 14.7. The number of ether oxygens (including phenoxy) is 2. The van der Waals surface area contributed by atoms with Crippen molar-refractivity contribution >= 4 is 21.7 Å². The summed E-state index contributed by atoms with van der Waals surface area (Å²) < 4.78 is 14.4. The molecule has 2 aliphatic rings. The number of hydrogen-bond donors (Lipinski definition) is 0. The Morgan fingerprint density at radius 2 is 1.73 bits per heavy atom. The highest BCUT2D eigenvalue weighted by molar-refractivity contribution is 5.97. The first-order valence-corrected chi connectivity index (χ1v) is 14.7. The summed E-state index contributed by atoms with van der Waals surface area (Å²) in [5, 5.41) is 17.8.